The normalized spacial score (nSPS) is 10.1. The number of rotatable bonds is 3. The maximum Gasteiger partial charge on any atom is 0.339 e. The van der Waals surface area contributed by atoms with Crippen LogP contribution in [0.4, 0.5) is 5.69 Å². The zero-order valence-corrected chi connectivity index (χ0v) is 9.88. The summed E-state index contributed by atoms with van der Waals surface area (Å²) in [7, 11) is 0. The summed E-state index contributed by atoms with van der Waals surface area (Å²) in [5.41, 5.74) is 6.95. The van der Waals surface area contributed by atoms with Gasteiger partial charge in [0.2, 0.25) is 0 Å². The number of hydrogen-bond acceptors (Lipinski definition) is 3. The molecule has 0 aromatic heterocycles. The molecule has 0 aliphatic heterocycles. The number of hydrogen-bond donors (Lipinski definition) is 2. The van der Waals surface area contributed by atoms with E-state index < -0.39 is 5.97 Å². The van der Waals surface area contributed by atoms with Gasteiger partial charge in [-0.1, -0.05) is 18.2 Å². The Kier molecular flexibility index (Phi) is 3.19. The van der Waals surface area contributed by atoms with Gasteiger partial charge in [-0.15, -0.1) is 0 Å². The number of aromatic carboxylic acids is 1. The second-order valence-electron chi connectivity index (χ2n) is 3.93. The molecule has 92 valence electrons. The fraction of sp³-hybridized carbons (Fsp3) is 0.0714. The summed E-state index contributed by atoms with van der Waals surface area (Å²) in [6.45, 7) is 1.90. The van der Waals surface area contributed by atoms with E-state index in [1.165, 1.54) is 6.07 Å². The van der Waals surface area contributed by atoms with Crippen molar-refractivity contribution in [1.82, 2.24) is 0 Å². The Morgan fingerprint density at radius 3 is 2.56 bits per heavy atom. The van der Waals surface area contributed by atoms with Gasteiger partial charge in [-0.3, -0.25) is 0 Å². The zero-order chi connectivity index (χ0) is 13.1. The van der Waals surface area contributed by atoms with Crippen LogP contribution in [0, 0.1) is 6.92 Å². The molecule has 2 aromatic rings. The molecule has 0 amide bonds. The van der Waals surface area contributed by atoms with Gasteiger partial charge >= 0.3 is 5.97 Å². The number of carboxylic acid groups (broad SMARTS) is 1. The number of aryl methyl sites for hydroxylation is 1. The van der Waals surface area contributed by atoms with Crippen molar-refractivity contribution in [2.75, 3.05) is 5.73 Å². The smallest absolute Gasteiger partial charge is 0.339 e. The third kappa shape index (κ3) is 2.43. The van der Waals surface area contributed by atoms with Crippen molar-refractivity contribution in [3.05, 3.63) is 53.6 Å². The fourth-order valence-electron chi connectivity index (χ4n) is 1.59. The molecule has 0 fully saturated rings. The average Bonchev–Trinajstić information content (AvgIpc) is 2.34. The SMILES string of the molecule is Cc1ccccc1Oc1ccc(N)cc1C(=O)O. The monoisotopic (exact) mass is 243 g/mol. The van der Waals surface area contributed by atoms with Crippen LogP contribution in [-0.2, 0) is 0 Å². The summed E-state index contributed by atoms with van der Waals surface area (Å²) in [6, 6.07) is 12.0. The summed E-state index contributed by atoms with van der Waals surface area (Å²) in [4.78, 5) is 11.1. The van der Waals surface area contributed by atoms with E-state index in [4.69, 9.17) is 15.6 Å². The third-order valence-corrected chi connectivity index (χ3v) is 2.55. The largest absolute Gasteiger partial charge is 0.478 e. The van der Waals surface area contributed by atoms with Crippen LogP contribution in [0.1, 0.15) is 15.9 Å². The van der Waals surface area contributed by atoms with E-state index in [0.717, 1.165) is 5.56 Å². The summed E-state index contributed by atoms with van der Waals surface area (Å²) in [6.07, 6.45) is 0. The number of carbonyl (C=O) groups is 1. The molecule has 4 nitrogen and oxygen atoms in total. The molecular weight excluding hydrogens is 230 g/mol. The highest BCUT2D eigenvalue weighted by atomic mass is 16.5. The van der Waals surface area contributed by atoms with Crippen LogP contribution in [0.3, 0.4) is 0 Å². The molecule has 0 aliphatic carbocycles. The van der Waals surface area contributed by atoms with E-state index in [9.17, 15) is 4.79 Å². The quantitative estimate of drug-likeness (QED) is 0.812. The molecule has 0 heterocycles. The van der Waals surface area contributed by atoms with Gasteiger partial charge < -0.3 is 15.6 Å². The van der Waals surface area contributed by atoms with Gasteiger partial charge in [0, 0.05) is 5.69 Å². The minimum Gasteiger partial charge on any atom is -0.478 e. The molecule has 0 saturated heterocycles. The third-order valence-electron chi connectivity index (χ3n) is 2.55. The van der Waals surface area contributed by atoms with E-state index in [1.807, 2.05) is 25.1 Å². The Hall–Kier alpha value is -2.49. The van der Waals surface area contributed by atoms with Gasteiger partial charge in [0.1, 0.15) is 17.1 Å². The van der Waals surface area contributed by atoms with Crippen LogP contribution in [-0.4, -0.2) is 11.1 Å². The number of nitrogen functional groups attached to an aromatic ring is 1. The molecule has 0 unspecified atom stereocenters. The number of ether oxygens (including phenoxy) is 1. The highest BCUT2D eigenvalue weighted by molar-refractivity contribution is 5.92. The summed E-state index contributed by atoms with van der Waals surface area (Å²) < 4.78 is 5.62. The highest BCUT2D eigenvalue weighted by Gasteiger charge is 2.13. The lowest BCUT2D eigenvalue weighted by Gasteiger charge is -2.11. The van der Waals surface area contributed by atoms with E-state index in [-0.39, 0.29) is 11.3 Å². The van der Waals surface area contributed by atoms with Crippen molar-refractivity contribution < 1.29 is 14.6 Å². The summed E-state index contributed by atoms with van der Waals surface area (Å²) >= 11 is 0. The first-order valence-electron chi connectivity index (χ1n) is 5.44. The lowest BCUT2D eigenvalue weighted by molar-refractivity contribution is 0.0694. The van der Waals surface area contributed by atoms with Crippen molar-refractivity contribution in [2.24, 2.45) is 0 Å². The van der Waals surface area contributed by atoms with Crippen molar-refractivity contribution in [3.63, 3.8) is 0 Å². The molecule has 4 heteroatoms. The lowest BCUT2D eigenvalue weighted by atomic mass is 10.1. The molecule has 2 rings (SSSR count). The molecule has 2 aromatic carbocycles. The maximum atomic E-state index is 11.1. The molecule has 0 atom stereocenters. The van der Waals surface area contributed by atoms with Crippen LogP contribution >= 0.6 is 0 Å². The topological polar surface area (TPSA) is 72.5 Å². The molecule has 0 radical (unpaired) electrons. The number of benzene rings is 2. The van der Waals surface area contributed by atoms with E-state index in [0.29, 0.717) is 11.4 Å². The molecule has 3 N–H and O–H groups in total. The second-order valence-corrected chi connectivity index (χ2v) is 3.93. The van der Waals surface area contributed by atoms with Crippen molar-refractivity contribution >= 4 is 11.7 Å². The minimum absolute atomic E-state index is 0.0539. The number of anilines is 1. The highest BCUT2D eigenvalue weighted by Crippen LogP contribution is 2.29. The molecule has 0 bridgehead atoms. The minimum atomic E-state index is -1.06. The van der Waals surface area contributed by atoms with Gasteiger partial charge in [0.25, 0.3) is 0 Å². The predicted molar refractivity (Wildman–Crippen MR) is 69.1 cm³/mol. The van der Waals surface area contributed by atoms with Gasteiger partial charge in [-0.25, -0.2) is 4.79 Å². The Morgan fingerprint density at radius 1 is 1.17 bits per heavy atom. The lowest BCUT2D eigenvalue weighted by Crippen LogP contribution is -2.01. The van der Waals surface area contributed by atoms with Gasteiger partial charge in [-0.2, -0.15) is 0 Å². The van der Waals surface area contributed by atoms with Crippen molar-refractivity contribution in [2.45, 2.75) is 6.92 Å². The van der Waals surface area contributed by atoms with E-state index in [2.05, 4.69) is 0 Å². The van der Waals surface area contributed by atoms with Crippen LogP contribution in [0.25, 0.3) is 0 Å². The van der Waals surface area contributed by atoms with Crippen LogP contribution in [0.2, 0.25) is 0 Å². The first-order valence-corrected chi connectivity index (χ1v) is 5.44. The Morgan fingerprint density at radius 2 is 1.89 bits per heavy atom. The Labute approximate surface area is 105 Å². The maximum absolute atomic E-state index is 11.1. The average molecular weight is 243 g/mol. The molecule has 0 aliphatic rings. The number of nitrogens with two attached hydrogens (primary N) is 1. The van der Waals surface area contributed by atoms with Crippen molar-refractivity contribution in [1.29, 1.82) is 0 Å². The van der Waals surface area contributed by atoms with Crippen LogP contribution in [0.5, 0.6) is 11.5 Å². The van der Waals surface area contributed by atoms with E-state index in [1.54, 1.807) is 18.2 Å². The van der Waals surface area contributed by atoms with E-state index >= 15 is 0 Å². The number of para-hydroxylation sites is 1. The molecular formula is C14H13NO3. The number of carboxylic acids is 1. The molecule has 18 heavy (non-hydrogen) atoms. The van der Waals surface area contributed by atoms with Gasteiger partial charge in [-0.05, 0) is 36.8 Å². The fourth-order valence-corrected chi connectivity index (χ4v) is 1.59. The second kappa shape index (κ2) is 4.79. The Balaban J connectivity index is 2.41. The first-order chi connectivity index (χ1) is 8.58. The van der Waals surface area contributed by atoms with Crippen LogP contribution < -0.4 is 10.5 Å². The molecule has 0 saturated carbocycles. The molecule has 0 spiro atoms. The predicted octanol–water partition coefficient (Wildman–Crippen LogP) is 3.07. The summed E-state index contributed by atoms with van der Waals surface area (Å²) in [5.74, 6) is -0.151. The van der Waals surface area contributed by atoms with Crippen LogP contribution in [0.15, 0.2) is 42.5 Å². The Bertz CT molecular complexity index is 593. The standard InChI is InChI=1S/C14H13NO3/c1-9-4-2-3-5-12(9)18-13-7-6-10(15)8-11(13)14(16)17/h2-8H,15H2,1H3,(H,16,17). The van der Waals surface area contributed by atoms with Gasteiger partial charge in [0.05, 0.1) is 0 Å². The zero-order valence-electron chi connectivity index (χ0n) is 9.88. The first kappa shape index (κ1) is 12.0. The van der Waals surface area contributed by atoms with Crippen molar-refractivity contribution in [3.8, 4) is 11.5 Å². The van der Waals surface area contributed by atoms with Gasteiger partial charge in [0.15, 0.2) is 0 Å². The summed E-state index contributed by atoms with van der Waals surface area (Å²) in [5, 5.41) is 9.10.